The normalized spacial score (nSPS) is 12.7. The van der Waals surface area contributed by atoms with E-state index in [0.29, 0.717) is 6.04 Å². The summed E-state index contributed by atoms with van der Waals surface area (Å²) in [5.74, 6) is 0. The maximum atomic E-state index is 3.65. The van der Waals surface area contributed by atoms with E-state index < -0.39 is 0 Å². The Morgan fingerprint density at radius 1 is 1.11 bits per heavy atom. The molecule has 102 valence electrons. The number of rotatable bonds is 8. The van der Waals surface area contributed by atoms with E-state index in [0.717, 1.165) is 4.47 Å². The van der Waals surface area contributed by atoms with Gasteiger partial charge in [-0.25, -0.2) is 0 Å². The van der Waals surface area contributed by atoms with Crippen molar-refractivity contribution in [2.24, 2.45) is 0 Å². The van der Waals surface area contributed by atoms with Crippen LogP contribution in [0.2, 0.25) is 0 Å². The lowest BCUT2D eigenvalue weighted by Gasteiger charge is -2.18. The minimum atomic E-state index is 0.453. The van der Waals surface area contributed by atoms with Gasteiger partial charge >= 0.3 is 0 Å². The first-order valence-corrected chi connectivity index (χ1v) is 8.39. The van der Waals surface area contributed by atoms with Crippen LogP contribution in [0, 0.1) is 0 Å². The van der Waals surface area contributed by atoms with Crippen molar-refractivity contribution in [2.75, 3.05) is 7.05 Å². The van der Waals surface area contributed by atoms with Crippen LogP contribution < -0.4 is 5.32 Å². The van der Waals surface area contributed by atoms with Crippen molar-refractivity contribution in [2.45, 2.75) is 51.5 Å². The molecule has 3 heteroatoms. The molecular weight excluding hydrogens is 354 g/mol. The summed E-state index contributed by atoms with van der Waals surface area (Å²) in [6, 6.07) is 6.88. The molecule has 0 heterocycles. The Morgan fingerprint density at radius 3 is 2.44 bits per heavy atom. The van der Waals surface area contributed by atoms with E-state index in [-0.39, 0.29) is 0 Å². The first-order chi connectivity index (χ1) is 8.69. The zero-order valence-corrected chi connectivity index (χ0v) is 14.5. The zero-order valence-electron chi connectivity index (χ0n) is 11.3. The number of hydrogen-bond donors (Lipinski definition) is 1. The molecule has 0 aliphatic heterocycles. The van der Waals surface area contributed by atoms with Gasteiger partial charge in [-0.3, -0.25) is 0 Å². The highest BCUT2D eigenvalue weighted by Crippen LogP contribution is 2.29. The van der Waals surface area contributed by atoms with Crippen LogP contribution >= 0.6 is 31.9 Å². The molecule has 0 spiro atoms. The lowest BCUT2D eigenvalue weighted by Crippen LogP contribution is -2.16. The molecule has 0 aromatic heterocycles. The number of unbranched alkanes of at least 4 members (excludes halogenated alkanes) is 4. The summed E-state index contributed by atoms with van der Waals surface area (Å²) in [6.45, 7) is 2.26. The van der Waals surface area contributed by atoms with Crippen LogP contribution in [0.3, 0.4) is 0 Å². The number of nitrogens with one attached hydrogen (secondary N) is 1. The zero-order chi connectivity index (χ0) is 13.4. The molecular formula is C15H23Br2N. The Balaban J connectivity index is 2.49. The molecule has 0 saturated carbocycles. The van der Waals surface area contributed by atoms with Crippen LogP contribution in [0.25, 0.3) is 0 Å². The van der Waals surface area contributed by atoms with E-state index in [1.54, 1.807) is 0 Å². The molecule has 0 saturated heterocycles. The molecule has 1 unspecified atom stereocenters. The van der Waals surface area contributed by atoms with E-state index in [1.807, 2.05) is 7.05 Å². The largest absolute Gasteiger partial charge is 0.313 e. The topological polar surface area (TPSA) is 12.0 Å². The number of halogens is 2. The van der Waals surface area contributed by atoms with Crippen molar-refractivity contribution in [3.8, 4) is 0 Å². The Morgan fingerprint density at radius 2 is 1.83 bits per heavy atom. The summed E-state index contributed by atoms with van der Waals surface area (Å²) >= 11 is 7.15. The van der Waals surface area contributed by atoms with Crippen LogP contribution in [0.1, 0.15) is 57.1 Å². The van der Waals surface area contributed by atoms with Gasteiger partial charge in [-0.1, -0.05) is 77.0 Å². The van der Waals surface area contributed by atoms with E-state index >= 15 is 0 Å². The monoisotopic (exact) mass is 375 g/mol. The van der Waals surface area contributed by atoms with Crippen LogP contribution in [-0.2, 0) is 0 Å². The van der Waals surface area contributed by atoms with Gasteiger partial charge in [0, 0.05) is 15.0 Å². The molecule has 1 aromatic rings. The van der Waals surface area contributed by atoms with Crippen LogP contribution in [0.5, 0.6) is 0 Å². The van der Waals surface area contributed by atoms with Crippen molar-refractivity contribution < 1.29 is 0 Å². The van der Waals surface area contributed by atoms with Crippen molar-refractivity contribution in [1.29, 1.82) is 0 Å². The van der Waals surface area contributed by atoms with Gasteiger partial charge in [0.1, 0.15) is 0 Å². The summed E-state index contributed by atoms with van der Waals surface area (Å²) in [7, 11) is 2.05. The second-order valence-electron chi connectivity index (χ2n) is 4.71. The second kappa shape index (κ2) is 9.11. The lowest BCUT2D eigenvalue weighted by atomic mass is 10.00. The molecule has 0 bridgehead atoms. The SMILES string of the molecule is CCCCCCCC(NC)c1ccc(Br)cc1Br. The first kappa shape index (κ1) is 16.2. The molecule has 1 nitrogen and oxygen atoms in total. The standard InChI is InChI=1S/C15H23Br2N/c1-3-4-5-6-7-8-15(18-2)13-10-9-12(16)11-14(13)17/h9-11,15,18H,3-8H2,1-2H3. The Hall–Kier alpha value is 0.140. The molecule has 1 atom stereocenters. The average Bonchev–Trinajstić information content (AvgIpc) is 2.35. The molecule has 1 N–H and O–H groups in total. The minimum absolute atomic E-state index is 0.453. The van der Waals surface area contributed by atoms with Gasteiger partial charge < -0.3 is 5.32 Å². The second-order valence-corrected chi connectivity index (χ2v) is 6.48. The van der Waals surface area contributed by atoms with E-state index in [9.17, 15) is 0 Å². The summed E-state index contributed by atoms with van der Waals surface area (Å²) < 4.78 is 2.31. The van der Waals surface area contributed by atoms with Crippen molar-refractivity contribution >= 4 is 31.9 Å². The van der Waals surface area contributed by atoms with Gasteiger partial charge in [0.25, 0.3) is 0 Å². The Bertz CT molecular complexity index is 352. The molecule has 1 aromatic carbocycles. The van der Waals surface area contributed by atoms with Crippen molar-refractivity contribution in [3.05, 3.63) is 32.7 Å². The fraction of sp³-hybridized carbons (Fsp3) is 0.600. The quantitative estimate of drug-likeness (QED) is 0.562. The maximum absolute atomic E-state index is 3.65. The molecule has 18 heavy (non-hydrogen) atoms. The van der Waals surface area contributed by atoms with E-state index in [2.05, 4.69) is 62.3 Å². The third-order valence-electron chi connectivity index (χ3n) is 3.28. The van der Waals surface area contributed by atoms with Gasteiger partial charge in [0.2, 0.25) is 0 Å². The van der Waals surface area contributed by atoms with E-state index in [4.69, 9.17) is 0 Å². The van der Waals surface area contributed by atoms with Crippen molar-refractivity contribution in [3.63, 3.8) is 0 Å². The summed E-state index contributed by atoms with van der Waals surface area (Å²) in [6.07, 6.45) is 7.91. The van der Waals surface area contributed by atoms with Gasteiger partial charge in [-0.2, -0.15) is 0 Å². The summed E-state index contributed by atoms with van der Waals surface area (Å²) in [4.78, 5) is 0. The summed E-state index contributed by atoms with van der Waals surface area (Å²) in [5, 5.41) is 3.42. The van der Waals surface area contributed by atoms with E-state index in [1.165, 1.54) is 48.6 Å². The smallest absolute Gasteiger partial charge is 0.0328 e. The van der Waals surface area contributed by atoms with Crippen LogP contribution in [0.15, 0.2) is 27.1 Å². The molecule has 0 radical (unpaired) electrons. The fourth-order valence-electron chi connectivity index (χ4n) is 2.19. The van der Waals surface area contributed by atoms with Crippen LogP contribution in [-0.4, -0.2) is 7.05 Å². The summed E-state index contributed by atoms with van der Waals surface area (Å²) in [5.41, 5.74) is 1.36. The van der Waals surface area contributed by atoms with Gasteiger partial charge in [0.05, 0.1) is 0 Å². The molecule has 0 fully saturated rings. The molecule has 0 amide bonds. The van der Waals surface area contributed by atoms with Crippen molar-refractivity contribution in [1.82, 2.24) is 5.32 Å². The highest BCUT2D eigenvalue weighted by molar-refractivity contribution is 9.11. The van der Waals surface area contributed by atoms with Gasteiger partial charge in [0.15, 0.2) is 0 Å². The fourth-order valence-corrected chi connectivity index (χ4v) is 3.51. The highest BCUT2D eigenvalue weighted by atomic mass is 79.9. The third-order valence-corrected chi connectivity index (χ3v) is 4.46. The molecule has 1 rings (SSSR count). The lowest BCUT2D eigenvalue weighted by molar-refractivity contribution is 0.499. The predicted molar refractivity (Wildman–Crippen MR) is 87.0 cm³/mol. The van der Waals surface area contributed by atoms with Crippen LogP contribution in [0.4, 0.5) is 0 Å². The third kappa shape index (κ3) is 5.41. The predicted octanol–water partition coefficient (Wildman–Crippen LogP) is 5.83. The van der Waals surface area contributed by atoms with Gasteiger partial charge in [-0.15, -0.1) is 0 Å². The maximum Gasteiger partial charge on any atom is 0.0328 e. The Kier molecular flexibility index (Phi) is 8.20. The number of benzene rings is 1. The Labute approximate surface area is 128 Å². The molecule has 0 aliphatic carbocycles. The van der Waals surface area contributed by atoms with Gasteiger partial charge in [-0.05, 0) is 31.2 Å². The minimum Gasteiger partial charge on any atom is -0.313 e. The number of hydrogen-bond acceptors (Lipinski definition) is 1. The first-order valence-electron chi connectivity index (χ1n) is 6.81. The molecule has 0 aliphatic rings. The highest BCUT2D eigenvalue weighted by Gasteiger charge is 2.12. The average molecular weight is 377 g/mol.